The molecule has 2 heterocycles. The van der Waals surface area contributed by atoms with Gasteiger partial charge in [0.2, 0.25) is 5.91 Å². The van der Waals surface area contributed by atoms with Crippen molar-refractivity contribution in [3.63, 3.8) is 0 Å². The van der Waals surface area contributed by atoms with E-state index in [0.29, 0.717) is 38.5 Å². The molecule has 32 heavy (non-hydrogen) atoms. The zero-order valence-electron chi connectivity index (χ0n) is 18.3. The van der Waals surface area contributed by atoms with Gasteiger partial charge in [0.05, 0.1) is 13.2 Å². The van der Waals surface area contributed by atoms with Crippen molar-refractivity contribution < 1.29 is 18.8 Å². The average molecular weight is 434 g/mol. The summed E-state index contributed by atoms with van der Waals surface area (Å²) in [5.41, 5.74) is 4.13. The van der Waals surface area contributed by atoms with Gasteiger partial charge >= 0.3 is 0 Å². The van der Waals surface area contributed by atoms with Crippen molar-refractivity contribution in [3.05, 3.63) is 77.0 Å². The molecule has 2 aromatic carbocycles. The van der Waals surface area contributed by atoms with Crippen LogP contribution < -0.4 is 5.32 Å². The van der Waals surface area contributed by atoms with Gasteiger partial charge in [0.15, 0.2) is 11.5 Å². The van der Waals surface area contributed by atoms with E-state index in [2.05, 4.69) is 10.5 Å². The summed E-state index contributed by atoms with van der Waals surface area (Å²) in [6.07, 6.45) is 0.393. The Labute approximate surface area is 187 Å². The second-order valence-electron chi connectivity index (χ2n) is 8.05. The normalized spacial score (nSPS) is 14.8. The van der Waals surface area contributed by atoms with E-state index in [1.165, 1.54) is 0 Å². The summed E-state index contributed by atoms with van der Waals surface area (Å²) in [4.78, 5) is 27.9. The molecule has 0 radical (unpaired) electrons. The number of rotatable bonds is 6. The van der Waals surface area contributed by atoms with Crippen LogP contribution in [0.5, 0.6) is 0 Å². The topological polar surface area (TPSA) is 84.7 Å². The molecule has 0 spiro atoms. The summed E-state index contributed by atoms with van der Waals surface area (Å²) in [7, 11) is 0. The number of morpholine rings is 1. The van der Waals surface area contributed by atoms with E-state index in [4.69, 9.17) is 9.26 Å². The van der Waals surface area contributed by atoms with Gasteiger partial charge in [-0.2, -0.15) is 0 Å². The third kappa shape index (κ3) is 5.06. The van der Waals surface area contributed by atoms with Crippen LogP contribution in [-0.4, -0.2) is 54.2 Å². The number of amides is 2. The number of nitrogens with one attached hydrogen (secondary N) is 1. The first-order chi connectivity index (χ1) is 15.5. The van der Waals surface area contributed by atoms with Gasteiger partial charge in [-0.3, -0.25) is 9.59 Å². The van der Waals surface area contributed by atoms with E-state index in [0.717, 1.165) is 22.3 Å². The number of carbonyl (C=O) groups is 2. The molecule has 1 aromatic heterocycles. The van der Waals surface area contributed by atoms with Crippen LogP contribution >= 0.6 is 0 Å². The smallest absolute Gasteiger partial charge is 0.274 e. The number of aryl methyl sites for hydroxylation is 2. The Hall–Kier alpha value is -3.45. The molecule has 1 aliphatic heterocycles. The van der Waals surface area contributed by atoms with Crippen LogP contribution in [-0.2, 0) is 16.0 Å². The van der Waals surface area contributed by atoms with E-state index in [1.807, 2.05) is 62.4 Å². The molecule has 7 nitrogen and oxygen atoms in total. The van der Waals surface area contributed by atoms with Crippen LogP contribution in [0.1, 0.15) is 27.2 Å². The Bertz CT molecular complexity index is 1090. The lowest BCUT2D eigenvalue weighted by molar-refractivity contribution is -0.137. The van der Waals surface area contributed by atoms with E-state index >= 15 is 0 Å². The number of hydrogen-bond acceptors (Lipinski definition) is 5. The van der Waals surface area contributed by atoms with Gasteiger partial charge in [-0.25, -0.2) is 0 Å². The minimum atomic E-state index is -0.705. The number of benzene rings is 2. The van der Waals surface area contributed by atoms with Crippen LogP contribution in [0.15, 0.2) is 59.1 Å². The fourth-order valence-electron chi connectivity index (χ4n) is 3.80. The highest BCUT2D eigenvalue weighted by atomic mass is 16.5. The molecule has 166 valence electrons. The first kappa shape index (κ1) is 21.8. The van der Waals surface area contributed by atoms with Gasteiger partial charge < -0.3 is 19.5 Å². The Balaban J connectivity index is 1.53. The summed E-state index contributed by atoms with van der Waals surface area (Å²) < 4.78 is 10.8. The molecule has 1 atom stereocenters. The standard InChI is InChI=1S/C25H27N3O4/c1-17-8-9-18(2)20(14-17)23-16-21(27-32-23)24(29)26-22(15-19-6-4-3-5-7-19)25(30)28-10-12-31-13-11-28/h3-9,14,16,22H,10-13,15H2,1-2H3,(H,26,29)/t22-/m1/s1. The highest BCUT2D eigenvalue weighted by molar-refractivity contribution is 5.96. The fraction of sp³-hybridized carbons (Fsp3) is 0.320. The van der Waals surface area contributed by atoms with Gasteiger partial charge in [-0.05, 0) is 31.0 Å². The monoisotopic (exact) mass is 433 g/mol. The second-order valence-corrected chi connectivity index (χ2v) is 8.05. The summed E-state index contributed by atoms with van der Waals surface area (Å²) in [6.45, 7) is 6.01. The Morgan fingerprint density at radius 2 is 1.81 bits per heavy atom. The van der Waals surface area contributed by atoms with Gasteiger partial charge in [-0.1, -0.05) is 53.2 Å². The van der Waals surface area contributed by atoms with Crippen LogP contribution in [0.3, 0.4) is 0 Å². The molecule has 0 aliphatic carbocycles. The van der Waals surface area contributed by atoms with Gasteiger partial charge in [0, 0.05) is 31.1 Å². The second kappa shape index (κ2) is 9.78. The molecule has 1 saturated heterocycles. The minimum Gasteiger partial charge on any atom is -0.378 e. The summed E-state index contributed by atoms with van der Waals surface area (Å²) in [6, 6.07) is 16.6. The lowest BCUT2D eigenvalue weighted by atomic mass is 10.0. The van der Waals surface area contributed by atoms with Gasteiger partial charge in [0.25, 0.3) is 5.91 Å². The molecular weight excluding hydrogens is 406 g/mol. The SMILES string of the molecule is Cc1ccc(C)c(-c2cc(C(=O)N[C@H](Cc3ccccc3)C(=O)N3CCOCC3)no2)c1. The molecule has 0 saturated carbocycles. The Kier molecular flexibility index (Phi) is 6.66. The highest BCUT2D eigenvalue weighted by Crippen LogP contribution is 2.25. The first-order valence-corrected chi connectivity index (χ1v) is 10.8. The molecule has 1 fully saturated rings. The molecule has 1 N–H and O–H groups in total. The van der Waals surface area contributed by atoms with Crippen molar-refractivity contribution in [3.8, 4) is 11.3 Å². The van der Waals surface area contributed by atoms with Gasteiger partial charge in [-0.15, -0.1) is 0 Å². The molecule has 3 aromatic rings. The minimum absolute atomic E-state index is 0.122. The Morgan fingerprint density at radius 3 is 2.56 bits per heavy atom. The zero-order valence-corrected chi connectivity index (χ0v) is 18.3. The predicted octanol–water partition coefficient (Wildman–Crippen LogP) is 3.16. The van der Waals surface area contributed by atoms with Crippen molar-refractivity contribution >= 4 is 11.8 Å². The molecule has 2 amide bonds. The average Bonchev–Trinajstić information content (AvgIpc) is 3.31. The molecule has 0 bridgehead atoms. The zero-order chi connectivity index (χ0) is 22.5. The van der Waals surface area contributed by atoms with Crippen molar-refractivity contribution in [2.24, 2.45) is 0 Å². The van der Waals surface area contributed by atoms with E-state index in [9.17, 15) is 9.59 Å². The number of carbonyl (C=O) groups excluding carboxylic acids is 2. The van der Waals surface area contributed by atoms with Crippen LogP contribution in [0.4, 0.5) is 0 Å². The van der Waals surface area contributed by atoms with Gasteiger partial charge in [0.1, 0.15) is 6.04 Å². The summed E-state index contributed by atoms with van der Waals surface area (Å²) in [5, 5.41) is 6.84. The summed E-state index contributed by atoms with van der Waals surface area (Å²) in [5.74, 6) is -0.0351. The molecule has 1 aliphatic rings. The first-order valence-electron chi connectivity index (χ1n) is 10.8. The van der Waals surface area contributed by atoms with Crippen molar-refractivity contribution in [1.29, 1.82) is 0 Å². The van der Waals surface area contributed by atoms with Crippen LogP contribution in [0.25, 0.3) is 11.3 Å². The lowest BCUT2D eigenvalue weighted by Crippen LogP contribution is -2.52. The molecular formula is C25H27N3O4. The number of hydrogen-bond donors (Lipinski definition) is 1. The number of aromatic nitrogens is 1. The quantitative estimate of drug-likeness (QED) is 0.646. The van der Waals surface area contributed by atoms with Crippen LogP contribution in [0.2, 0.25) is 0 Å². The maximum Gasteiger partial charge on any atom is 0.274 e. The molecule has 7 heteroatoms. The fourth-order valence-corrected chi connectivity index (χ4v) is 3.80. The van der Waals surface area contributed by atoms with E-state index in [-0.39, 0.29) is 11.6 Å². The van der Waals surface area contributed by atoms with E-state index in [1.54, 1.807) is 11.0 Å². The predicted molar refractivity (Wildman–Crippen MR) is 120 cm³/mol. The number of ether oxygens (including phenoxy) is 1. The van der Waals surface area contributed by atoms with Crippen molar-refractivity contribution in [1.82, 2.24) is 15.4 Å². The largest absolute Gasteiger partial charge is 0.378 e. The molecule has 4 rings (SSSR count). The maximum atomic E-state index is 13.2. The molecule has 0 unspecified atom stereocenters. The van der Waals surface area contributed by atoms with Crippen LogP contribution in [0, 0.1) is 13.8 Å². The third-order valence-electron chi connectivity index (χ3n) is 5.61. The highest BCUT2D eigenvalue weighted by Gasteiger charge is 2.29. The van der Waals surface area contributed by atoms with Crippen molar-refractivity contribution in [2.75, 3.05) is 26.3 Å². The Morgan fingerprint density at radius 1 is 1.06 bits per heavy atom. The maximum absolute atomic E-state index is 13.2. The summed E-state index contributed by atoms with van der Waals surface area (Å²) >= 11 is 0. The third-order valence-corrected chi connectivity index (χ3v) is 5.61. The van der Waals surface area contributed by atoms with Crippen molar-refractivity contribution in [2.45, 2.75) is 26.3 Å². The lowest BCUT2D eigenvalue weighted by Gasteiger charge is -2.30. The van der Waals surface area contributed by atoms with E-state index < -0.39 is 11.9 Å². The number of nitrogens with zero attached hydrogens (tertiary/aromatic N) is 2.